The molecule has 0 radical (unpaired) electrons. The molecule has 1 aliphatic rings. The maximum atomic E-state index is 12.4. The van der Waals surface area contributed by atoms with Gasteiger partial charge in [-0.3, -0.25) is 9.69 Å². The van der Waals surface area contributed by atoms with Crippen LogP contribution in [0.1, 0.15) is 41.9 Å². The van der Waals surface area contributed by atoms with Crippen LogP contribution in [0.5, 0.6) is 0 Å². The van der Waals surface area contributed by atoms with Crippen molar-refractivity contribution in [3.8, 4) is 0 Å². The predicted molar refractivity (Wildman–Crippen MR) is 101 cm³/mol. The molecule has 1 aromatic heterocycles. The van der Waals surface area contributed by atoms with Gasteiger partial charge in [-0.2, -0.15) is 0 Å². The van der Waals surface area contributed by atoms with Crippen molar-refractivity contribution in [2.75, 3.05) is 26.7 Å². The number of carbonyl (C=O) groups excluding carboxylic acids is 1. The molecule has 0 bridgehead atoms. The summed E-state index contributed by atoms with van der Waals surface area (Å²) in [6.45, 7) is 5.50. The van der Waals surface area contributed by atoms with E-state index < -0.39 is 0 Å². The largest absolute Gasteiger partial charge is 0.349 e. The van der Waals surface area contributed by atoms with Gasteiger partial charge >= 0.3 is 0 Å². The first-order valence-corrected chi connectivity index (χ1v) is 9.28. The zero-order chi connectivity index (χ0) is 18.4. The number of likely N-dealkylation sites (N-methyl/N-ethyl adjacent to an activating group) is 1. The molecule has 7 nitrogen and oxygen atoms in total. The topological polar surface area (TPSA) is 75.1 Å². The zero-order valence-electron chi connectivity index (χ0n) is 15.6. The Morgan fingerprint density at radius 3 is 2.81 bits per heavy atom. The summed E-state index contributed by atoms with van der Waals surface area (Å²) in [6.07, 6.45) is 3.81. The van der Waals surface area contributed by atoms with E-state index in [0.717, 1.165) is 32.5 Å². The second kappa shape index (κ2) is 8.91. The Bertz CT molecular complexity index is 695. The maximum absolute atomic E-state index is 12.4. The minimum atomic E-state index is -0.162. The number of nitrogens with one attached hydrogen (secondary N) is 2. The minimum Gasteiger partial charge on any atom is -0.349 e. The van der Waals surface area contributed by atoms with Gasteiger partial charge in [-0.1, -0.05) is 35.5 Å². The molecule has 1 atom stereocenters. The van der Waals surface area contributed by atoms with Crippen LogP contribution >= 0.6 is 0 Å². The molecule has 7 heteroatoms. The first kappa shape index (κ1) is 18.5. The Morgan fingerprint density at radius 1 is 1.35 bits per heavy atom. The monoisotopic (exact) mass is 356 g/mol. The Balaban J connectivity index is 1.48. The molecule has 2 N–H and O–H groups in total. The molecule has 1 amide bonds. The molecular formula is C19H28N6O. The molecule has 1 fully saturated rings. The highest BCUT2D eigenvalue weighted by Gasteiger charge is 2.19. The van der Waals surface area contributed by atoms with Gasteiger partial charge in [0.05, 0.1) is 12.2 Å². The Hall–Kier alpha value is -2.25. The minimum absolute atomic E-state index is 0.162. The molecular weight excluding hydrogens is 328 g/mol. The first-order chi connectivity index (χ1) is 12.6. The molecule has 1 unspecified atom stereocenters. The molecule has 140 valence electrons. The average molecular weight is 356 g/mol. The molecule has 0 aliphatic carbocycles. The highest BCUT2D eigenvalue weighted by Crippen LogP contribution is 2.17. The molecule has 0 spiro atoms. The summed E-state index contributed by atoms with van der Waals surface area (Å²) in [7, 11) is 2.07. The highest BCUT2D eigenvalue weighted by atomic mass is 16.2. The summed E-state index contributed by atoms with van der Waals surface area (Å²) in [5.74, 6) is -0.162. The van der Waals surface area contributed by atoms with Crippen LogP contribution in [-0.2, 0) is 6.54 Å². The second-order valence-electron chi connectivity index (χ2n) is 7.02. The van der Waals surface area contributed by atoms with Gasteiger partial charge in [-0.25, -0.2) is 4.68 Å². The van der Waals surface area contributed by atoms with E-state index in [4.69, 9.17) is 0 Å². The van der Waals surface area contributed by atoms with Gasteiger partial charge in [0.15, 0.2) is 5.69 Å². The average Bonchev–Trinajstić information content (AvgIpc) is 3.17. The van der Waals surface area contributed by atoms with Crippen molar-refractivity contribution in [2.24, 2.45) is 0 Å². The molecule has 26 heavy (non-hydrogen) atoms. The Labute approximate surface area is 154 Å². The maximum Gasteiger partial charge on any atom is 0.273 e. The third kappa shape index (κ3) is 4.89. The summed E-state index contributed by atoms with van der Waals surface area (Å²) in [5, 5.41) is 14.5. The van der Waals surface area contributed by atoms with E-state index in [1.807, 2.05) is 22.9 Å². The van der Waals surface area contributed by atoms with E-state index in [1.165, 1.54) is 5.56 Å². The lowest BCUT2D eigenvalue weighted by atomic mass is 10.1. The van der Waals surface area contributed by atoms with Gasteiger partial charge in [-0.05, 0) is 45.5 Å². The van der Waals surface area contributed by atoms with Crippen LogP contribution in [0.4, 0.5) is 0 Å². The number of hydrogen-bond acceptors (Lipinski definition) is 5. The molecule has 3 rings (SSSR count). The fraction of sp³-hybridized carbons (Fsp3) is 0.526. The summed E-state index contributed by atoms with van der Waals surface area (Å²) in [5.41, 5.74) is 1.65. The van der Waals surface area contributed by atoms with Crippen molar-refractivity contribution in [2.45, 2.75) is 38.4 Å². The third-order valence-corrected chi connectivity index (χ3v) is 5.01. The highest BCUT2D eigenvalue weighted by molar-refractivity contribution is 5.91. The molecule has 2 heterocycles. The SMILES string of the molecule is CC(CNC(=O)c1cn(C2CCNCC2)nn1)N(C)Cc1ccccc1. The van der Waals surface area contributed by atoms with Gasteiger partial charge in [0.1, 0.15) is 0 Å². The summed E-state index contributed by atoms with van der Waals surface area (Å²) in [6, 6.07) is 10.9. The quantitative estimate of drug-likeness (QED) is 0.785. The number of aromatic nitrogens is 3. The lowest BCUT2D eigenvalue weighted by Gasteiger charge is -2.24. The Kier molecular flexibility index (Phi) is 6.35. The number of piperidine rings is 1. The number of hydrogen-bond donors (Lipinski definition) is 2. The lowest BCUT2D eigenvalue weighted by molar-refractivity contribution is 0.0934. The van der Waals surface area contributed by atoms with Gasteiger partial charge in [-0.15, -0.1) is 5.10 Å². The molecule has 2 aromatic rings. The standard InChI is InChI=1S/C19H28N6O/c1-15(24(2)13-16-6-4-3-5-7-16)12-21-19(26)18-14-25(23-22-18)17-8-10-20-11-9-17/h3-7,14-15,17,20H,8-13H2,1-2H3,(H,21,26). The van der Waals surface area contributed by atoms with E-state index in [0.29, 0.717) is 18.3 Å². The normalized spacial score (nSPS) is 16.6. The van der Waals surface area contributed by atoms with Crippen LogP contribution in [0.15, 0.2) is 36.5 Å². The van der Waals surface area contributed by atoms with Crippen molar-refractivity contribution in [1.82, 2.24) is 30.5 Å². The van der Waals surface area contributed by atoms with Crippen LogP contribution in [0.3, 0.4) is 0 Å². The van der Waals surface area contributed by atoms with E-state index in [2.05, 4.69) is 51.9 Å². The molecule has 1 aromatic carbocycles. The smallest absolute Gasteiger partial charge is 0.273 e. The van der Waals surface area contributed by atoms with Crippen LogP contribution in [-0.4, -0.2) is 58.5 Å². The number of benzene rings is 1. The molecule has 1 saturated heterocycles. The fourth-order valence-electron chi connectivity index (χ4n) is 3.14. The molecule has 0 saturated carbocycles. The number of amides is 1. The van der Waals surface area contributed by atoms with Crippen molar-refractivity contribution in [1.29, 1.82) is 0 Å². The third-order valence-electron chi connectivity index (χ3n) is 5.01. The summed E-state index contributed by atoms with van der Waals surface area (Å²) >= 11 is 0. The summed E-state index contributed by atoms with van der Waals surface area (Å²) < 4.78 is 1.83. The van der Waals surface area contributed by atoms with Crippen molar-refractivity contribution in [3.05, 3.63) is 47.8 Å². The fourth-order valence-corrected chi connectivity index (χ4v) is 3.14. The van der Waals surface area contributed by atoms with Crippen LogP contribution in [0.25, 0.3) is 0 Å². The number of carbonyl (C=O) groups is 1. The predicted octanol–water partition coefficient (Wildman–Crippen LogP) is 1.45. The van der Waals surface area contributed by atoms with E-state index in [9.17, 15) is 4.79 Å². The van der Waals surface area contributed by atoms with Crippen LogP contribution in [0.2, 0.25) is 0 Å². The number of rotatable bonds is 7. The van der Waals surface area contributed by atoms with Gasteiger partial charge < -0.3 is 10.6 Å². The lowest BCUT2D eigenvalue weighted by Crippen LogP contribution is -2.39. The van der Waals surface area contributed by atoms with Gasteiger partial charge in [0.25, 0.3) is 5.91 Å². The van der Waals surface area contributed by atoms with Crippen LogP contribution in [0, 0.1) is 0 Å². The van der Waals surface area contributed by atoms with E-state index in [1.54, 1.807) is 6.20 Å². The van der Waals surface area contributed by atoms with Crippen molar-refractivity contribution < 1.29 is 4.79 Å². The van der Waals surface area contributed by atoms with E-state index in [-0.39, 0.29) is 11.9 Å². The molecule has 1 aliphatic heterocycles. The van der Waals surface area contributed by atoms with Crippen molar-refractivity contribution >= 4 is 5.91 Å². The van der Waals surface area contributed by atoms with Gasteiger partial charge in [0.2, 0.25) is 0 Å². The van der Waals surface area contributed by atoms with Gasteiger partial charge in [0, 0.05) is 19.1 Å². The van der Waals surface area contributed by atoms with Crippen LogP contribution < -0.4 is 10.6 Å². The Morgan fingerprint density at radius 2 is 2.08 bits per heavy atom. The summed E-state index contributed by atoms with van der Waals surface area (Å²) in [4.78, 5) is 14.6. The van der Waals surface area contributed by atoms with Crippen molar-refractivity contribution in [3.63, 3.8) is 0 Å². The second-order valence-corrected chi connectivity index (χ2v) is 7.02. The number of nitrogens with zero attached hydrogens (tertiary/aromatic N) is 4. The first-order valence-electron chi connectivity index (χ1n) is 9.28. The zero-order valence-corrected chi connectivity index (χ0v) is 15.6. The van der Waals surface area contributed by atoms with E-state index >= 15 is 0 Å².